The van der Waals surface area contributed by atoms with Crippen LogP contribution in [0.25, 0.3) is 0 Å². The van der Waals surface area contributed by atoms with E-state index >= 15 is 0 Å². The van der Waals surface area contributed by atoms with Crippen molar-refractivity contribution in [3.63, 3.8) is 0 Å². The van der Waals surface area contributed by atoms with Crippen LogP contribution in [0.15, 0.2) is 12.7 Å². The van der Waals surface area contributed by atoms with Gasteiger partial charge < -0.3 is 0 Å². The topological polar surface area (TPSA) is 23.8 Å². The predicted molar refractivity (Wildman–Crippen MR) is 33.0 cm³/mol. The van der Waals surface area contributed by atoms with Crippen LogP contribution in [-0.2, 0) is 0 Å². The molecule has 0 saturated carbocycles. The van der Waals surface area contributed by atoms with Gasteiger partial charge in [0.15, 0.2) is 0 Å². The molecule has 7 heavy (non-hydrogen) atoms. The number of thiocyanates is 1. The maximum Gasteiger partial charge on any atom is 0.135 e. The van der Waals surface area contributed by atoms with Gasteiger partial charge in [-0.15, -0.1) is 18.2 Å². The minimum absolute atomic E-state index is 0.259. The van der Waals surface area contributed by atoms with Crippen LogP contribution >= 0.6 is 23.4 Å². The lowest BCUT2D eigenvalue weighted by Gasteiger charge is -1.87. The predicted octanol–water partition coefficient (Wildman–Crippen LogP) is 1.95. The molecule has 0 aromatic heterocycles. The summed E-state index contributed by atoms with van der Waals surface area (Å²) in [6.07, 6.45) is 1.51. The summed E-state index contributed by atoms with van der Waals surface area (Å²) in [5.74, 6) is 0. The minimum Gasteiger partial charge on any atom is -0.185 e. The van der Waals surface area contributed by atoms with Crippen molar-refractivity contribution in [2.75, 3.05) is 0 Å². The third kappa shape index (κ3) is 3.71. The molecule has 0 rings (SSSR count). The molecule has 0 aliphatic heterocycles. The Labute approximate surface area is 52.0 Å². The molecule has 38 valence electrons. The summed E-state index contributed by atoms with van der Waals surface area (Å²) in [7, 11) is 0. The van der Waals surface area contributed by atoms with Crippen molar-refractivity contribution >= 4 is 23.4 Å². The van der Waals surface area contributed by atoms with Crippen molar-refractivity contribution in [1.82, 2.24) is 0 Å². The number of nitriles is 1. The van der Waals surface area contributed by atoms with Crippen molar-refractivity contribution in [2.24, 2.45) is 0 Å². The van der Waals surface area contributed by atoms with E-state index in [1.807, 2.05) is 5.40 Å². The van der Waals surface area contributed by atoms with Gasteiger partial charge >= 0.3 is 0 Å². The summed E-state index contributed by atoms with van der Waals surface area (Å²) in [5, 5.41) is 9.78. The molecule has 0 saturated heterocycles. The highest BCUT2D eigenvalue weighted by Crippen LogP contribution is 2.12. The number of hydrogen-bond acceptors (Lipinski definition) is 2. The first-order valence-corrected chi connectivity index (χ1v) is 2.94. The van der Waals surface area contributed by atoms with Crippen molar-refractivity contribution < 1.29 is 0 Å². The second-order valence-corrected chi connectivity index (χ2v) is 2.45. The van der Waals surface area contributed by atoms with Gasteiger partial charge in [-0.1, -0.05) is 6.08 Å². The second kappa shape index (κ2) is 4.04. The maximum absolute atomic E-state index is 7.95. The van der Waals surface area contributed by atoms with Crippen LogP contribution in [0.1, 0.15) is 0 Å². The lowest BCUT2D eigenvalue weighted by Crippen LogP contribution is -1.77. The third-order valence-electron chi connectivity index (χ3n) is 0.351. The Kier molecular flexibility index (Phi) is 3.97. The third-order valence-corrected chi connectivity index (χ3v) is 1.32. The Morgan fingerprint density at radius 3 is 2.71 bits per heavy atom. The first kappa shape index (κ1) is 6.87. The lowest BCUT2D eigenvalue weighted by molar-refractivity contribution is 1.56. The van der Waals surface area contributed by atoms with E-state index in [0.717, 1.165) is 11.8 Å². The molecule has 0 amide bonds. The van der Waals surface area contributed by atoms with Gasteiger partial charge in [0.05, 0.1) is 0 Å². The molecular formula is C4H4ClNS. The van der Waals surface area contributed by atoms with E-state index in [9.17, 15) is 0 Å². The fourth-order valence-electron chi connectivity index (χ4n) is 0.0985. The van der Waals surface area contributed by atoms with E-state index in [2.05, 4.69) is 6.58 Å². The molecule has 1 unspecified atom stereocenters. The molecule has 0 bridgehead atoms. The number of nitrogens with zero attached hydrogens (tertiary/aromatic N) is 1. The molecule has 3 heteroatoms. The molecule has 0 aromatic rings. The molecule has 0 fully saturated rings. The fraction of sp³-hybridized carbons (Fsp3) is 0.250. The van der Waals surface area contributed by atoms with Gasteiger partial charge in [-0.25, -0.2) is 0 Å². The highest BCUT2D eigenvalue weighted by atomic mass is 35.5. The van der Waals surface area contributed by atoms with E-state index in [0.29, 0.717) is 0 Å². The molecular weight excluding hydrogens is 130 g/mol. The van der Waals surface area contributed by atoms with Crippen LogP contribution in [0.5, 0.6) is 0 Å². The molecule has 0 aliphatic rings. The Morgan fingerprint density at radius 1 is 2.00 bits per heavy atom. The molecule has 0 heterocycles. The van der Waals surface area contributed by atoms with Crippen molar-refractivity contribution in [3.05, 3.63) is 12.7 Å². The van der Waals surface area contributed by atoms with E-state index in [1.54, 1.807) is 0 Å². The van der Waals surface area contributed by atoms with Gasteiger partial charge in [-0.05, 0) is 11.8 Å². The van der Waals surface area contributed by atoms with E-state index in [4.69, 9.17) is 16.9 Å². The highest BCUT2D eigenvalue weighted by Gasteiger charge is 1.93. The Balaban J connectivity index is 3.21. The van der Waals surface area contributed by atoms with Crippen molar-refractivity contribution in [1.29, 1.82) is 5.26 Å². The number of halogens is 1. The number of thioether (sulfide) groups is 1. The SMILES string of the molecule is C=CC(Cl)SC#N. The normalized spacial score (nSPS) is 12.0. The largest absolute Gasteiger partial charge is 0.185 e. The van der Waals surface area contributed by atoms with Crippen LogP contribution in [0.3, 0.4) is 0 Å². The van der Waals surface area contributed by atoms with Crippen LogP contribution in [-0.4, -0.2) is 4.71 Å². The van der Waals surface area contributed by atoms with Gasteiger partial charge in [-0.3, -0.25) is 0 Å². The Bertz CT molecular complexity index is 96.4. The highest BCUT2D eigenvalue weighted by molar-refractivity contribution is 8.05. The molecule has 0 radical (unpaired) electrons. The van der Waals surface area contributed by atoms with Crippen LogP contribution in [0.4, 0.5) is 0 Å². The standard InChI is InChI=1S/C4H4ClNS/c1-2-4(5)7-3-6/h2,4H,1H2. The molecule has 0 aliphatic carbocycles. The van der Waals surface area contributed by atoms with Gasteiger partial charge in [0.1, 0.15) is 10.1 Å². The lowest BCUT2D eigenvalue weighted by atomic mass is 10.8. The molecule has 0 spiro atoms. The van der Waals surface area contributed by atoms with Gasteiger partial charge in [0, 0.05) is 0 Å². The average Bonchev–Trinajstić information content (AvgIpc) is 1.68. The smallest absolute Gasteiger partial charge is 0.135 e. The van der Waals surface area contributed by atoms with Gasteiger partial charge in [0.25, 0.3) is 0 Å². The number of alkyl halides is 1. The number of hydrogen-bond donors (Lipinski definition) is 0. The first-order chi connectivity index (χ1) is 3.31. The zero-order valence-corrected chi connectivity index (χ0v) is 5.17. The number of rotatable bonds is 2. The summed E-state index contributed by atoms with van der Waals surface area (Å²) < 4.78 is -0.259. The second-order valence-electron chi connectivity index (χ2n) is 0.796. The van der Waals surface area contributed by atoms with Crippen LogP contribution in [0, 0.1) is 10.7 Å². The monoisotopic (exact) mass is 133 g/mol. The summed E-state index contributed by atoms with van der Waals surface area (Å²) in [5.41, 5.74) is 0. The van der Waals surface area contributed by atoms with E-state index in [1.165, 1.54) is 6.08 Å². The zero-order chi connectivity index (χ0) is 5.70. The van der Waals surface area contributed by atoms with Crippen LogP contribution < -0.4 is 0 Å². The summed E-state index contributed by atoms with van der Waals surface area (Å²) in [6.45, 7) is 3.38. The molecule has 0 aromatic carbocycles. The zero-order valence-electron chi connectivity index (χ0n) is 3.60. The summed E-state index contributed by atoms with van der Waals surface area (Å²) in [6, 6.07) is 0. The minimum atomic E-state index is -0.259. The van der Waals surface area contributed by atoms with Crippen LogP contribution in [0.2, 0.25) is 0 Å². The average molecular weight is 134 g/mol. The maximum atomic E-state index is 7.95. The summed E-state index contributed by atoms with van der Waals surface area (Å²) in [4.78, 5) is 0. The molecule has 1 atom stereocenters. The van der Waals surface area contributed by atoms with Crippen molar-refractivity contribution in [2.45, 2.75) is 4.71 Å². The first-order valence-electron chi connectivity index (χ1n) is 1.62. The molecule has 1 nitrogen and oxygen atoms in total. The fourth-order valence-corrected chi connectivity index (χ4v) is 0.415. The van der Waals surface area contributed by atoms with E-state index < -0.39 is 0 Å². The Morgan fingerprint density at radius 2 is 2.57 bits per heavy atom. The van der Waals surface area contributed by atoms with E-state index in [-0.39, 0.29) is 4.71 Å². The van der Waals surface area contributed by atoms with Crippen molar-refractivity contribution in [3.8, 4) is 5.40 Å². The molecule has 0 N–H and O–H groups in total. The Hall–Kier alpha value is -0.130. The summed E-state index contributed by atoms with van der Waals surface area (Å²) >= 11 is 6.37. The van der Waals surface area contributed by atoms with Gasteiger partial charge in [0.2, 0.25) is 0 Å². The quantitative estimate of drug-likeness (QED) is 0.327. The van der Waals surface area contributed by atoms with Gasteiger partial charge in [-0.2, -0.15) is 5.26 Å².